The van der Waals surface area contributed by atoms with Gasteiger partial charge < -0.3 is 4.74 Å². The van der Waals surface area contributed by atoms with Gasteiger partial charge in [-0.05, 0) is 52.7 Å². The molecule has 1 aromatic heterocycles. The van der Waals surface area contributed by atoms with Gasteiger partial charge in [-0.1, -0.05) is 0 Å². The van der Waals surface area contributed by atoms with Crippen LogP contribution in [0.25, 0.3) is 0 Å². The monoisotopic (exact) mass is 299 g/mol. The molecule has 94 valence electrons. The Labute approximate surface area is 110 Å². The number of rotatable bonds is 4. The Morgan fingerprint density at radius 1 is 1.47 bits per heavy atom. The largest absolute Gasteiger partial charge is 0.381 e. The van der Waals surface area contributed by atoms with E-state index in [4.69, 9.17) is 10.6 Å². The first-order valence-electron chi connectivity index (χ1n) is 5.93. The maximum atomic E-state index is 5.67. The molecule has 0 bridgehead atoms. The maximum Gasteiger partial charge on any atom is 0.0469 e. The van der Waals surface area contributed by atoms with Crippen LogP contribution in [0, 0.1) is 5.92 Å². The van der Waals surface area contributed by atoms with Crippen molar-refractivity contribution in [3.05, 3.63) is 28.5 Å². The molecule has 1 atom stereocenters. The quantitative estimate of drug-likeness (QED) is 0.655. The van der Waals surface area contributed by atoms with E-state index in [9.17, 15) is 0 Å². The molecule has 4 nitrogen and oxygen atoms in total. The number of halogens is 1. The summed E-state index contributed by atoms with van der Waals surface area (Å²) in [5.41, 5.74) is 4.14. The summed E-state index contributed by atoms with van der Waals surface area (Å²) in [7, 11) is 0. The van der Waals surface area contributed by atoms with E-state index in [1.165, 1.54) is 5.56 Å². The van der Waals surface area contributed by atoms with Crippen LogP contribution in [-0.4, -0.2) is 24.2 Å². The highest BCUT2D eigenvalue weighted by atomic mass is 79.9. The first-order valence-corrected chi connectivity index (χ1v) is 6.72. The van der Waals surface area contributed by atoms with Crippen LogP contribution in [0.5, 0.6) is 0 Å². The molecule has 2 rings (SSSR count). The zero-order valence-corrected chi connectivity index (χ0v) is 11.3. The van der Waals surface area contributed by atoms with E-state index in [1.54, 1.807) is 6.20 Å². The van der Waals surface area contributed by atoms with Crippen LogP contribution in [0.15, 0.2) is 22.9 Å². The molecular weight excluding hydrogens is 282 g/mol. The lowest BCUT2D eigenvalue weighted by Gasteiger charge is -2.29. The Morgan fingerprint density at radius 2 is 2.24 bits per heavy atom. The van der Waals surface area contributed by atoms with Crippen molar-refractivity contribution in [2.24, 2.45) is 11.8 Å². The fourth-order valence-corrected chi connectivity index (χ4v) is 2.71. The molecule has 0 aliphatic carbocycles. The Kier molecular flexibility index (Phi) is 4.91. The van der Waals surface area contributed by atoms with Gasteiger partial charge in [-0.3, -0.25) is 16.3 Å². The van der Waals surface area contributed by atoms with Gasteiger partial charge in [-0.25, -0.2) is 0 Å². The number of aromatic nitrogens is 1. The number of nitrogens with one attached hydrogen (secondary N) is 1. The van der Waals surface area contributed by atoms with Crippen molar-refractivity contribution in [1.29, 1.82) is 0 Å². The van der Waals surface area contributed by atoms with E-state index in [0.717, 1.165) is 36.9 Å². The highest BCUT2D eigenvalue weighted by Gasteiger charge is 2.23. The number of nitrogens with two attached hydrogens (primary N) is 1. The average molecular weight is 300 g/mol. The summed E-state index contributed by atoms with van der Waals surface area (Å²) in [5, 5.41) is 0. The lowest BCUT2D eigenvalue weighted by Crippen LogP contribution is -2.44. The maximum absolute atomic E-state index is 5.67. The van der Waals surface area contributed by atoms with E-state index in [0.29, 0.717) is 12.0 Å². The van der Waals surface area contributed by atoms with Gasteiger partial charge in [0.05, 0.1) is 0 Å². The minimum Gasteiger partial charge on any atom is -0.381 e. The standard InChI is InChI=1S/C12H18BrN3O/c13-11-5-9(7-15-8-11)6-12(16-14)10-1-3-17-4-2-10/h5,7-8,10,12,16H,1-4,6,14H2. The molecule has 0 amide bonds. The first-order chi connectivity index (χ1) is 8.29. The van der Waals surface area contributed by atoms with Crippen molar-refractivity contribution in [3.8, 4) is 0 Å². The van der Waals surface area contributed by atoms with E-state index in [2.05, 4.69) is 32.4 Å². The topological polar surface area (TPSA) is 60.2 Å². The normalized spacial score (nSPS) is 19.2. The van der Waals surface area contributed by atoms with Crippen LogP contribution in [-0.2, 0) is 11.2 Å². The third-order valence-electron chi connectivity index (χ3n) is 3.27. The van der Waals surface area contributed by atoms with Gasteiger partial charge in [0.15, 0.2) is 0 Å². The summed E-state index contributed by atoms with van der Waals surface area (Å²) in [4.78, 5) is 4.18. The molecule has 0 aromatic carbocycles. The SMILES string of the molecule is NNC(Cc1cncc(Br)c1)C1CCOCC1. The lowest BCUT2D eigenvalue weighted by atomic mass is 9.88. The van der Waals surface area contributed by atoms with Gasteiger partial charge in [0.2, 0.25) is 0 Å². The smallest absolute Gasteiger partial charge is 0.0469 e. The van der Waals surface area contributed by atoms with Crippen molar-refractivity contribution in [3.63, 3.8) is 0 Å². The molecule has 0 saturated carbocycles. The molecule has 1 saturated heterocycles. The van der Waals surface area contributed by atoms with E-state index in [1.807, 2.05) is 6.20 Å². The van der Waals surface area contributed by atoms with Gasteiger partial charge in [0, 0.05) is 36.1 Å². The molecule has 0 radical (unpaired) electrons. The third-order valence-corrected chi connectivity index (χ3v) is 3.70. The van der Waals surface area contributed by atoms with Crippen molar-refractivity contribution in [2.45, 2.75) is 25.3 Å². The molecule has 2 heterocycles. The number of hydrazine groups is 1. The minimum atomic E-state index is 0.301. The van der Waals surface area contributed by atoms with Crippen LogP contribution < -0.4 is 11.3 Å². The van der Waals surface area contributed by atoms with Crippen LogP contribution in [0.1, 0.15) is 18.4 Å². The Balaban J connectivity index is 1.98. The highest BCUT2D eigenvalue weighted by Crippen LogP contribution is 2.21. The second kappa shape index (κ2) is 6.44. The molecule has 1 unspecified atom stereocenters. The van der Waals surface area contributed by atoms with Crippen molar-refractivity contribution in [2.75, 3.05) is 13.2 Å². The molecule has 1 aliphatic heterocycles. The summed E-state index contributed by atoms with van der Waals surface area (Å²) in [6.45, 7) is 1.69. The Bertz CT molecular complexity index is 355. The summed E-state index contributed by atoms with van der Waals surface area (Å²) in [6, 6.07) is 2.39. The minimum absolute atomic E-state index is 0.301. The molecule has 1 aliphatic rings. The predicted octanol–water partition coefficient (Wildman–Crippen LogP) is 1.65. The Hall–Kier alpha value is -0.490. The number of hydrogen-bond acceptors (Lipinski definition) is 4. The lowest BCUT2D eigenvalue weighted by molar-refractivity contribution is 0.0537. The number of hydrogen-bond donors (Lipinski definition) is 2. The highest BCUT2D eigenvalue weighted by molar-refractivity contribution is 9.10. The molecule has 0 spiro atoms. The van der Waals surface area contributed by atoms with E-state index < -0.39 is 0 Å². The molecule has 1 aromatic rings. The third kappa shape index (κ3) is 3.74. The Morgan fingerprint density at radius 3 is 2.88 bits per heavy atom. The summed E-state index contributed by atoms with van der Waals surface area (Å²) in [5.74, 6) is 6.26. The fourth-order valence-electron chi connectivity index (χ4n) is 2.30. The van der Waals surface area contributed by atoms with Crippen LogP contribution in [0.2, 0.25) is 0 Å². The van der Waals surface area contributed by atoms with E-state index >= 15 is 0 Å². The fraction of sp³-hybridized carbons (Fsp3) is 0.583. The summed E-state index contributed by atoms with van der Waals surface area (Å²) in [6.07, 6.45) is 6.76. The van der Waals surface area contributed by atoms with Crippen LogP contribution in [0.3, 0.4) is 0 Å². The summed E-state index contributed by atoms with van der Waals surface area (Å²) < 4.78 is 6.39. The van der Waals surface area contributed by atoms with E-state index in [-0.39, 0.29) is 0 Å². The molecular formula is C12H18BrN3O. The number of pyridine rings is 1. The van der Waals surface area contributed by atoms with Gasteiger partial charge in [0.25, 0.3) is 0 Å². The molecule has 5 heteroatoms. The van der Waals surface area contributed by atoms with Gasteiger partial charge in [-0.2, -0.15) is 0 Å². The molecule has 3 N–H and O–H groups in total. The van der Waals surface area contributed by atoms with Gasteiger partial charge in [-0.15, -0.1) is 0 Å². The van der Waals surface area contributed by atoms with Gasteiger partial charge >= 0.3 is 0 Å². The number of ether oxygens (including phenoxy) is 1. The van der Waals surface area contributed by atoms with Crippen molar-refractivity contribution in [1.82, 2.24) is 10.4 Å². The van der Waals surface area contributed by atoms with Gasteiger partial charge in [0.1, 0.15) is 0 Å². The van der Waals surface area contributed by atoms with Crippen LogP contribution in [0.4, 0.5) is 0 Å². The van der Waals surface area contributed by atoms with Crippen molar-refractivity contribution < 1.29 is 4.74 Å². The average Bonchev–Trinajstić information content (AvgIpc) is 2.37. The van der Waals surface area contributed by atoms with Crippen molar-refractivity contribution >= 4 is 15.9 Å². The zero-order chi connectivity index (χ0) is 12.1. The zero-order valence-electron chi connectivity index (χ0n) is 9.73. The molecule has 17 heavy (non-hydrogen) atoms. The predicted molar refractivity (Wildman–Crippen MR) is 70.3 cm³/mol. The van der Waals surface area contributed by atoms with Crippen LogP contribution >= 0.6 is 15.9 Å². The summed E-state index contributed by atoms with van der Waals surface area (Å²) >= 11 is 3.44. The molecule has 1 fully saturated rings. The first kappa shape index (κ1) is 13.0. The second-order valence-corrected chi connectivity index (χ2v) is 5.35. The second-order valence-electron chi connectivity index (χ2n) is 4.44. The number of nitrogens with zero attached hydrogens (tertiary/aromatic N) is 1.